The van der Waals surface area contributed by atoms with E-state index in [0.29, 0.717) is 5.54 Å². The first-order chi connectivity index (χ1) is 8.21. The van der Waals surface area contributed by atoms with Gasteiger partial charge in [0.2, 0.25) is 0 Å². The van der Waals surface area contributed by atoms with Gasteiger partial charge in [0.15, 0.2) is 5.13 Å². The Labute approximate surface area is 107 Å². The molecule has 4 fully saturated rings. The summed E-state index contributed by atoms with van der Waals surface area (Å²) in [5, 5.41) is 7.13. The molecular formula is C14H20N2S. The molecule has 0 saturated heterocycles. The topological polar surface area (TPSA) is 24.9 Å². The Kier molecular flexibility index (Phi) is 2.11. The van der Waals surface area contributed by atoms with Gasteiger partial charge in [-0.25, -0.2) is 4.98 Å². The van der Waals surface area contributed by atoms with Crippen LogP contribution in [0, 0.1) is 24.7 Å². The van der Waals surface area contributed by atoms with Crippen LogP contribution >= 0.6 is 11.3 Å². The van der Waals surface area contributed by atoms with Crippen molar-refractivity contribution in [3.05, 3.63) is 11.1 Å². The number of nitrogens with one attached hydrogen (secondary N) is 1. The predicted molar refractivity (Wildman–Crippen MR) is 71.4 cm³/mol. The molecule has 1 N–H and O–H groups in total. The quantitative estimate of drug-likeness (QED) is 0.860. The van der Waals surface area contributed by atoms with Gasteiger partial charge in [0.25, 0.3) is 0 Å². The third-order valence-electron chi connectivity index (χ3n) is 5.03. The first-order valence-corrected chi connectivity index (χ1v) is 7.79. The summed E-state index contributed by atoms with van der Waals surface area (Å²) >= 11 is 1.78. The SMILES string of the molecule is Cc1csc(NC23CC4CC(CC(C4)C2)C3)n1. The summed E-state index contributed by atoms with van der Waals surface area (Å²) in [6.07, 6.45) is 8.74. The number of thiazole rings is 1. The molecule has 0 atom stereocenters. The minimum atomic E-state index is 0.416. The largest absolute Gasteiger partial charge is 0.356 e. The first kappa shape index (κ1) is 10.4. The van der Waals surface area contributed by atoms with E-state index in [9.17, 15) is 0 Å². The maximum atomic E-state index is 4.59. The highest BCUT2D eigenvalue weighted by molar-refractivity contribution is 7.13. The van der Waals surface area contributed by atoms with Crippen molar-refractivity contribution >= 4 is 16.5 Å². The van der Waals surface area contributed by atoms with Crippen molar-refractivity contribution in [2.45, 2.75) is 51.0 Å². The molecule has 0 radical (unpaired) electrons. The number of nitrogens with zero attached hydrogens (tertiary/aromatic N) is 1. The van der Waals surface area contributed by atoms with E-state index < -0.39 is 0 Å². The van der Waals surface area contributed by atoms with Crippen LogP contribution in [0.1, 0.15) is 44.2 Å². The van der Waals surface area contributed by atoms with Crippen LogP contribution in [0.2, 0.25) is 0 Å². The minimum absolute atomic E-state index is 0.416. The zero-order chi connectivity index (χ0) is 11.5. The van der Waals surface area contributed by atoms with Crippen molar-refractivity contribution in [2.24, 2.45) is 17.8 Å². The molecule has 0 aliphatic heterocycles. The molecule has 3 heteroatoms. The van der Waals surface area contributed by atoms with E-state index in [-0.39, 0.29) is 0 Å². The molecule has 0 amide bonds. The molecule has 0 aromatic carbocycles. The van der Waals surface area contributed by atoms with Crippen molar-refractivity contribution in [3.63, 3.8) is 0 Å². The van der Waals surface area contributed by atoms with Gasteiger partial charge in [-0.1, -0.05) is 0 Å². The van der Waals surface area contributed by atoms with Gasteiger partial charge in [-0.15, -0.1) is 11.3 Å². The Hall–Kier alpha value is -0.570. The van der Waals surface area contributed by atoms with Crippen molar-refractivity contribution in [1.82, 2.24) is 4.98 Å². The number of aryl methyl sites for hydroxylation is 1. The van der Waals surface area contributed by atoms with Gasteiger partial charge in [0.1, 0.15) is 0 Å². The highest BCUT2D eigenvalue weighted by Crippen LogP contribution is 2.56. The van der Waals surface area contributed by atoms with E-state index in [1.165, 1.54) is 38.5 Å². The van der Waals surface area contributed by atoms with Gasteiger partial charge in [0.05, 0.1) is 5.69 Å². The predicted octanol–water partition coefficient (Wildman–Crippen LogP) is 3.83. The average molecular weight is 248 g/mol. The zero-order valence-electron chi connectivity index (χ0n) is 10.4. The number of aromatic nitrogens is 1. The maximum Gasteiger partial charge on any atom is 0.183 e. The fourth-order valence-electron chi connectivity index (χ4n) is 4.90. The van der Waals surface area contributed by atoms with E-state index in [1.807, 2.05) is 0 Å². The Morgan fingerprint density at radius 3 is 2.24 bits per heavy atom. The van der Waals surface area contributed by atoms with Gasteiger partial charge in [0, 0.05) is 10.9 Å². The average Bonchev–Trinajstić information content (AvgIpc) is 2.60. The first-order valence-electron chi connectivity index (χ1n) is 6.91. The summed E-state index contributed by atoms with van der Waals surface area (Å²) in [5.41, 5.74) is 1.57. The number of hydrogen-bond acceptors (Lipinski definition) is 3. The van der Waals surface area contributed by atoms with Crippen LogP contribution in [-0.2, 0) is 0 Å². The van der Waals surface area contributed by atoms with Crippen LogP contribution in [0.3, 0.4) is 0 Å². The van der Waals surface area contributed by atoms with E-state index in [4.69, 9.17) is 0 Å². The second-order valence-electron chi connectivity index (χ2n) is 6.62. The third-order valence-corrected chi connectivity index (χ3v) is 5.90. The van der Waals surface area contributed by atoms with Crippen molar-refractivity contribution in [2.75, 3.05) is 5.32 Å². The summed E-state index contributed by atoms with van der Waals surface area (Å²) in [6.45, 7) is 2.08. The lowest BCUT2D eigenvalue weighted by molar-refractivity contribution is 0.0107. The highest BCUT2D eigenvalue weighted by Gasteiger charge is 2.51. The molecule has 92 valence electrons. The van der Waals surface area contributed by atoms with E-state index in [2.05, 4.69) is 22.6 Å². The van der Waals surface area contributed by atoms with Crippen LogP contribution in [0.25, 0.3) is 0 Å². The van der Waals surface area contributed by atoms with Gasteiger partial charge in [-0.2, -0.15) is 0 Å². The number of rotatable bonds is 2. The van der Waals surface area contributed by atoms with Crippen molar-refractivity contribution in [1.29, 1.82) is 0 Å². The molecule has 17 heavy (non-hydrogen) atoms. The van der Waals surface area contributed by atoms with E-state index >= 15 is 0 Å². The molecule has 4 saturated carbocycles. The maximum absolute atomic E-state index is 4.59. The third kappa shape index (κ3) is 1.70. The van der Waals surface area contributed by atoms with Gasteiger partial charge in [-0.05, 0) is 63.2 Å². The van der Waals surface area contributed by atoms with E-state index in [0.717, 1.165) is 28.6 Å². The standard InChI is InChI=1S/C14H20N2S/c1-9-8-17-13(15-9)16-14-5-10-2-11(6-14)4-12(3-10)7-14/h8,10-12H,2-7H2,1H3,(H,15,16). The summed E-state index contributed by atoms with van der Waals surface area (Å²) in [7, 11) is 0. The fraction of sp³-hybridized carbons (Fsp3) is 0.786. The molecule has 0 spiro atoms. The van der Waals surface area contributed by atoms with Crippen LogP contribution < -0.4 is 5.32 Å². The molecule has 2 nitrogen and oxygen atoms in total. The number of hydrogen-bond donors (Lipinski definition) is 1. The highest BCUT2D eigenvalue weighted by atomic mass is 32.1. The second-order valence-corrected chi connectivity index (χ2v) is 7.48. The smallest absolute Gasteiger partial charge is 0.183 e. The molecule has 1 aromatic rings. The fourth-order valence-corrected chi connectivity index (χ4v) is 5.71. The van der Waals surface area contributed by atoms with Crippen molar-refractivity contribution < 1.29 is 0 Å². The molecule has 1 heterocycles. The Morgan fingerprint density at radius 2 is 1.76 bits per heavy atom. The second kappa shape index (κ2) is 3.47. The molecule has 4 aliphatic rings. The Balaban J connectivity index is 1.60. The molecule has 4 aliphatic carbocycles. The van der Waals surface area contributed by atoms with Crippen LogP contribution in [0.5, 0.6) is 0 Å². The Morgan fingerprint density at radius 1 is 1.18 bits per heavy atom. The van der Waals surface area contributed by atoms with Gasteiger partial charge >= 0.3 is 0 Å². The molecule has 1 aromatic heterocycles. The lowest BCUT2D eigenvalue weighted by Crippen LogP contribution is -2.54. The summed E-state index contributed by atoms with van der Waals surface area (Å²) in [4.78, 5) is 4.59. The van der Waals surface area contributed by atoms with Crippen LogP contribution in [0.4, 0.5) is 5.13 Å². The monoisotopic (exact) mass is 248 g/mol. The minimum Gasteiger partial charge on any atom is -0.356 e. The summed E-state index contributed by atoms with van der Waals surface area (Å²) < 4.78 is 0. The van der Waals surface area contributed by atoms with Gasteiger partial charge in [-0.3, -0.25) is 0 Å². The lowest BCUT2D eigenvalue weighted by Gasteiger charge is -2.56. The van der Waals surface area contributed by atoms with Crippen LogP contribution in [0.15, 0.2) is 5.38 Å². The van der Waals surface area contributed by atoms with E-state index in [1.54, 1.807) is 11.3 Å². The summed E-state index contributed by atoms with van der Waals surface area (Å²) in [5.74, 6) is 3.03. The lowest BCUT2D eigenvalue weighted by atomic mass is 9.53. The molecule has 4 bridgehead atoms. The van der Waals surface area contributed by atoms with Crippen molar-refractivity contribution in [3.8, 4) is 0 Å². The summed E-state index contributed by atoms with van der Waals surface area (Å²) in [6, 6.07) is 0. The normalized spacial score (nSPS) is 43.0. The molecule has 0 unspecified atom stereocenters. The Bertz CT molecular complexity index is 402. The molecule has 5 rings (SSSR count). The van der Waals surface area contributed by atoms with Gasteiger partial charge < -0.3 is 5.32 Å². The zero-order valence-corrected chi connectivity index (χ0v) is 11.2. The number of anilines is 1. The van der Waals surface area contributed by atoms with Crippen LogP contribution in [-0.4, -0.2) is 10.5 Å². The molecular weight excluding hydrogens is 228 g/mol.